The largest absolute Gasteiger partial charge is 0.461 e. The molecular formula is C14H16N6O2. The van der Waals surface area contributed by atoms with Crippen LogP contribution in [0.4, 0.5) is 0 Å². The molecule has 0 amide bonds. The van der Waals surface area contributed by atoms with Crippen LogP contribution in [0.1, 0.15) is 18.7 Å². The van der Waals surface area contributed by atoms with Crippen LogP contribution in [0.2, 0.25) is 0 Å². The minimum absolute atomic E-state index is 0.417. The highest BCUT2D eigenvalue weighted by atomic mass is 16.5. The summed E-state index contributed by atoms with van der Waals surface area (Å²) in [7, 11) is 0. The van der Waals surface area contributed by atoms with Gasteiger partial charge in [0.15, 0.2) is 5.76 Å². The summed E-state index contributed by atoms with van der Waals surface area (Å²) in [6, 6.07) is 4.04. The summed E-state index contributed by atoms with van der Waals surface area (Å²) >= 11 is 0. The van der Waals surface area contributed by atoms with Crippen LogP contribution in [-0.4, -0.2) is 42.4 Å². The lowest BCUT2D eigenvalue weighted by atomic mass is 10.2. The van der Waals surface area contributed by atoms with Crippen molar-refractivity contribution in [2.24, 2.45) is 0 Å². The third-order valence-corrected chi connectivity index (χ3v) is 3.91. The molecule has 4 rings (SSSR count). The second-order valence-electron chi connectivity index (χ2n) is 5.37. The molecule has 0 radical (unpaired) electrons. The van der Waals surface area contributed by atoms with Crippen molar-refractivity contribution in [1.82, 2.24) is 29.8 Å². The average molecular weight is 300 g/mol. The molecule has 1 aliphatic rings. The molecule has 0 spiro atoms. The number of rotatable bonds is 5. The second kappa shape index (κ2) is 5.72. The normalized spacial score (nSPS) is 19.0. The van der Waals surface area contributed by atoms with Gasteiger partial charge in [-0.2, -0.15) is 10.1 Å². The average Bonchev–Trinajstić information content (AvgIpc) is 3.28. The highest BCUT2D eigenvalue weighted by Gasteiger charge is 2.27. The van der Waals surface area contributed by atoms with Crippen LogP contribution in [0.15, 0.2) is 40.0 Å². The Morgan fingerprint density at radius 1 is 1.36 bits per heavy atom. The summed E-state index contributed by atoms with van der Waals surface area (Å²) < 4.78 is 12.5. The van der Waals surface area contributed by atoms with Crippen LogP contribution < -0.4 is 0 Å². The summed E-state index contributed by atoms with van der Waals surface area (Å²) in [4.78, 5) is 10.7. The van der Waals surface area contributed by atoms with Gasteiger partial charge in [0, 0.05) is 6.04 Å². The summed E-state index contributed by atoms with van der Waals surface area (Å²) in [5.41, 5.74) is 0. The fraction of sp³-hybridized carbons (Fsp3) is 0.429. The van der Waals surface area contributed by atoms with E-state index in [0.29, 0.717) is 30.1 Å². The van der Waals surface area contributed by atoms with Crippen LogP contribution in [0.3, 0.4) is 0 Å². The van der Waals surface area contributed by atoms with Crippen molar-refractivity contribution in [3.05, 3.63) is 36.9 Å². The van der Waals surface area contributed by atoms with E-state index >= 15 is 0 Å². The Balaban J connectivity index is 1.44. The molecule has 8 heteroatoms. The lowest BCUT2D eigenvalue weighted by Crippen LogP contribution is -2.32. The van der Waals surface area contributed by atoms with E-state index in [0.717, 1.165) is 19.5 Å². The molecular weight excluding hydrogens is 284 g/mol. The molecule has 22 heavy (non-hydrogen) atoms. The minimum Gasteiger partial charge on any atom is -0.461 e. The van der Waals surface area contributed by atoms with Crippen molar-refractivity contribution < 1.29 is 8.94 Å². The smallest absolute Gasteiger partial charge is 0.241 e. The lowest BCUT2D eigenvalue weighted by molar-refractivity contribution is 0.192. The summed E-state index contributed by atoms with van der Waals surface area (Å²) in [5, 5.41) is 8.14. The van der Waals surface area contributed by atoms with Crippen LogP contribution in [0.25, 0.3) is 11.6 Å². The van der Waals surface area contributed by atoms with E-state index in [1.54, 1.807) is 25.0 Å². The van der Waals surface area contributed by atoms with Crippen LogP contribution in [0, 0.1) is 0 Å². The Morgan fingerprint density at radius 2 is 2.36 bits per heavy atom. The Bertz CT molecular complexity index is 706. The highest BCUT2D eigenvalue weighted by molar-refractivity contribution is 5.44. The number of hydrogen-bond donors (Lipinski definition) is 0. The van der Waals surface area contributed by atoms with Gasteiger partial charge in [-0.05, 0) is 31.5 Å². The molecule has 3 aromatic heterocycles. The summed E-state index contributed by atoms with van der Waals surface area (Å²) in [6.07, 6.45) is 7.21. The zero-order valence-electron chi connectivity index (χ0n) is 12.0. The fourth-order valence-electron chi connectivity index (χ4n) is 2.85. The fourth-order valence-corrected chi connectivity index (χ4v) is 2.85. The summed E-state index contributed by atoms with van der Waals surface area (Å²) in [5.74, 6) is 1.72. The molecule has 1 fully saturated rings. The zero-order chi connectivity index (χ0) is 14.8. The molecule has 1 saturated heterocycles. The first-order chi connectivity index (χ1) is 10.9. The van der Waals surface area contributed by atoms with Crippen molar-refractivity contribution in [3.63, 3.8) is 0 Å². The van der Waals surface area contributed by atoms with Crippen molar-refractivity contribution in [2.45, 2.75) is 32.0 Å². The van der Waals surface area contributed by atoms with E-state index in [1.165, 1.54) is 6.42 Å². The topological polar surface area (TPSA) is 86.0 Å². The van der Waals surface area contributed by atoms with E-state index < -0.39 is 0 Å². The van der Waals surface area contributed by atoms with Crippen molar-refractivity contribution in [2.75, 3.05) is 6.54 Å². The molecule has 0 aromatic carbocycles. The van der Waals surface area contributed by atoms with Gasteiger partial charge in [-0.1, -0.05) is 5.16 Å². The Hall–Kier alpha value is -2.48. The number of aromatic nitrogens is 5. The number of likely N-dealkylation sites (tertiary alicyclic amines) is 1. The first-order valence-corrected chi connectivity index (χ1v) is 7.31. The number of furan rings is 1. The molecule has 0 N–H and O–H groups in total. The minimum atomic E-state index is 0.417. The molecule has 1 unspecified atom stereocenters. The number of nitrogens with zero attached hydrogens (tertiary/aromatic N) is 6. The zero-order valence-corrected chi connectivity index (χ0v) is 12.0. The molecule has 1 aliphatic heterocycles. The van der Waals surface area contributed by atoms with E-state index in [2.05, 4.69) is 25.1 Å². The first-order valence-electron chi connectivity index (χ1n) is 7.31. The van der Waals surface area contributed by atoms with Gasteiger partial charge in [-0.3, -0.25) is 9.58 Å². The maximum atomic E-state index is 5.34. The monoisotopic (exact) mass is 300 g/mol. The summed E-state index contributed by atoms with van der Waals surface area (Å²) in [6.45, 7) is 2.50. The first kappa shape index (κ1) is 13.2. The van der Waals surface area contributed by atoms with Gasteiger partial charge < -0.3 is 8.94 Å². The van der Waals surface area contributed by atoms with Crippen LogP contribution in [0.5, 0.6) is 0 Å². The van der Waals surface area contributed by atoms with Gasteiger partial charge in [-0.15, -0.1) is 0 Å². The van der Waals surface area contributed by atoms with Crippen LogP contribution in [-0.2, 0) is 13.1 Å². The van der Waals surface area contributed by atoms with E-state index in [1.807, 2.05) is 10.7 Å². The van der Waals surface area contributed by atoms with Crippen molar-refractivity contribution in [3.8, 4) is 11.6 Å². The Morgan fingerprint density at radius 3 is 3.18 bits per heavy atom. The predicted molar refractivity (Wildman–Crippen MR) is 75.5 cm³/mol. The molecule has 114 valence electrons. The van der Waals surface area contributed by atoms with Crippen LogP contribution >= 0.6 is 0 Å². The second-order valence-corrected chi connectivity index (χ2v) is 5.37. The molecule has 1 atom stereocenters. The quantitative estimate of drug-likeness (QED) is 0.707. The molecule has 0 aliphatic carbocycles. The third-order valence-electron chi connectivity index (χ3n) is 3.91. The van der Waals surface area contributed by atoms with E-state index in [4.69, 9.17) is 8.94 Å². The molecule has 0 saturated carbocycles. The van der Waals surface area contributed by atoms with E-state index in [-0.39, 0.29) is 0 Å². The standard InChI is InChI=1S/C14H16N6O2/c1-3-11(7-20-10-15-9-16-20)19(5-1)8-13-17-14(18-22-13)12-4-2-6-21-12/h2,4,6,9-11H,1,3,5,7-8H2. The molecule has 8 nitrogen and oxygen atoms in total. The highest BCUT2D eigenvalue weighted by Crippen LogP contribution is 2.22. The third kappa shape index (κ3) is 2.64. The maximum absolute atomic E-state index is 5.34. The predicted octanol–water partition coefficient (Wildman–Crippen LogP) is 1.59. The molecule has 4 heterocycles. The SMILES string of the molecule is c1coc(-c2noc(CN3CCCC3Cn3cncn3)n2)c1. The van der Waals surface area contributed by atoms with Gasteiger partial charge in [0.1, 0.15) is 12.7 Å². The lowest BCUT2D eigenvalue weighted by Gasteiger charge is -2.22. The van der Waals surface area contributed by atoms with Gasteiger partial charge in [0.05, 0.1) is 19.4 Å². The van der Waals surface area contributed by atoms with E-state index in [9.17, 15) is 0 Å². The molecule has 3 aromatic rings. The molecule has 0 bridgehead atoms. The number of hydrogen-bond acceptors (Lipinski definition) is 7. The van der Waals surface area contributed by atoms with Gasteiger partial charge >= 0.3 is 0 Å². The van der Waals surface area contributed by atoms with Gasteiger partial charge in [0.25, 0.3) is 0 Å². The van der Waals surface area contributed by atoms with Crippen molar-refractivity contribution >= 4 is 0 Å². The van der Waals surface area contributed by atoms with Crippen molar-refractivity contribution in [1.29, 1.82) is 0 Å². The maximum Gasteiger partial charge on any atom is 0.241 e. The Kier molecular flexibility index (Phi) is 3.43. The van der Waals surface area contributed by atoms with Gasteiger partial charge in [-0.25, -0.2) is 4.98 Å². The Labute approximate surface area is 126 Å². The van der Waals surface area contributed by atoms with Gasteiger partial charge in [0.2, 0.25) is 11.7 Å².